The van der Waals surface area contributed by atoms with Crippen molar-refractivity contribution >= 4 is 29.7 Å². The van der Waals surface area contributed by atoms with E-state index in [4.69, 9.17) is 23.7 Å². The van der Waals surface area contributed by atoms with Gasteiger partial charge in [0.1, 0.15) is 18.3 Å². The molecule has 3 aromatic carbocycles. The highest BCUT2D eigenvalue weighted by molar-refractivity contribution is 5.97. The summed E-state index contributed by atoms with van der Waals surface area (Å²) in [5, 5.41) is 0. The average molecular weight is 721 g/mol. The summed E-state index contributed by atoms with van der Waals surface area (Å²) in [5.41, 5.74) is -2.12. The number of epoxide rings is 1. The summed E-state index contributed by atoms with van der Waals surface area (Å²) in [4.78, 5) is 68.9. The van der Waals surface area contributed by atoms with Gasteiger partial charge in [0.25, 0.3) is 0 Å². The Balaban J connectivity index is 1.39. The first-order chi connectivity index (χ1) is 25.2. The van der Waals surface area contributed by atoms with Crippen molar-refractivity contribution in [3.05, 3.63) is 119 Å². The van der Waals surface area contributed by atoms with Gasteiger partial charge in [0.15, 0.2) is 23.1 Å². The van der Waals surface area contributed by atoms with Crippen LogP contribution in [0.15, 0.2) is 103 Å². The van der Waals surface area contributed by atoms with Crippen LogP contribution >= 0.6 is 0 Å². The molecule has 0 aromatic heterocycles. The quantitative estimate of drug-likeness (QED) is 0.114. The summed E-state index contributed by atoms with van der Waals surface area (Å²) in [5.74, 6) is -4.87. The first-order valence-electron chi connectivity index (χ1n) is 18.1. The average Bonchev–Trinajstić information content (AvgIpc) is 3.94. The Kier molecular flexibility index (Phi) is 9.17. The van der Waals surface area contributed by atoms with Crippen LogP contribution in [0.2, 0.25) is 0 Å². The molecule has 3 aromatic rings. The second-order valence-corrected chi connectivity index (χ2v) is 15.5. The number of rotatable bonds is 7. The fraction of sp³-hybridized carbons (Fsp3) is 0.419. The second-order valence-electron chi connectivity index (χ2n) is 15.5. The van der Waals surface area contributed by atoms with Crippen LogP contribution in [0, 0.1) is 29.1 Å². The highest BCUT2D eigenvalue weighted by atomic mass is 16.7. The number of carbonyl (C=O) groups is 5. The Bertz CT molecular complexity index is 1960. The molecular formula is C43H44O10. The minimum absolute atomic E-state index is 0.234. The van der Waals surface area contributed by atoms with Crippen molar-refractivity contribution in [3.63, 3.8) is 0 Å². The van der Waals surface area contributed by atoms with E-state index in [1.807, 2.05) is 20.8 Å². The standard InChI is InChI=1S/C43H44O10/c1-24-22-43-37(52-40(48)30-20-14-9-15-21-30)25(2)23-42(43,53-43)36(45)26(3)34(49-27(4)44)31-32(41(31,5)6)35(51-39(47)29-18-12-8-13-19-29)33(24)50-38(46)28-16-10-7-11-17-28/h7-22,25-26,31-35,37H,23H2,1-6H3. The van der Waals surface area contributed by atoms with Gasteiger partial charge >= 0.3 is 23.9 Å². The van der Waals surface area contributed by atoms with Crippen molar-refractivity contribution in [2.45, 2.75) is 83.6 Å². The number of ketones is 1. The molecule has 0 radical (unpaired) electrons. The van der Waals surface area contributed by atoms with E-state index in [2.05, 4.69) is 0 Å². The molecule has 276 valence electrons. The van der Waals surface area contributed by atoms with Crippen LogP contribution in [0.1, 0.15) is 79.0 Å². The summed E-state index contributed by atoms with van der Waals surface area (Å²) in [6, 6.07) is 25.5. The first-order valence-corrected chi connectivity index (χ1v) is 18.1. The topological polar surface area (TPSA) is 135 Å². The van der Waals surface area contributed by atoms with E-state index in [1.165, 1.54) is 6.92 Å². The largest absolute Gasteiger partial charge is 0.461 e. The second kappa shape index (κ2) is 13.4. The smallest absolute Gasteiger partial charge is 0.338 e. The summed E-state index contributed by atoms with van der Waals surface area (Å²) < 4.78 is 31.5. The fourth-order valence-electron chi connectivity index (χ4n) is 9.12. The molecule has 1 saturated heterocycles. The molecule has 10 unspecified atom stereocenters. The zero-order valence-electron chi connectivity index (χ0n) is 30.6. The van der Waals surface area contributed by atoms with Gasteiger partial charge in [-0.25, -0.2) is 14.4 Å². The van der Waals surface area contributed by atoms with Gasteiger partial charge < -0.3 is 23.7 Å². The normalized spacial score (nSPS) is 33.7. The summed E-state index contributed by atoms with van der Waals surface area (Å²) in [6.45, 7) is 10.6. The van der Waals surface area contributed by atoms with Crippen LogP contribution in [-0.2, 0) is 33.3 Å². The number of carbonyl (C=O) groups excluding carboxylic acids is 5. The predicted molar refractivity (Wildman–Crippen MR) is 192 cm³/mol. The number of benzene rings is 3. The number of Topliss-reactive ketones (excluding diaryl/α,β-unsaturated/α-hetero) is 1. The van der Waals surface area contributed by atoms with Gasteiger partial charge in [0.05, 0.1) is 22.6 Å². The van der Waals surface area contributed by atoms with Crippen LogP contribution in [0.4, 0.5) is 0 Å². The van der Waals surface area contributed by atoms with Crippen LogP contribution in [0.5, 0.6) is 0 Å². The Morgan fingerprint density at radius 1 is 0.679 bits per heavy atom. The summed E-state index contributed by atoms with van der Waals surface area (Å²) in [6.07, 6.45) is -2.14. The lowest BCUT2D eigenvalue weighted by atomic mass is 9.80. The molecule has 1 heterocycles. The SMILES string of the molecule is CC(=O)OC1C(C)C(=O)C23CC(C)C(OC(=O)c4ccccc4)C2(C=C(C)C(OC(=O)c2ccccc2)C(OC(=O)c2ccccc2)C2C1C2(C)C)O3. The minimum Gasteiger partial charge on any atom is -0.461 e. The third-order valence-electron chi connectivity index (χ3n) is 11.7. The molecule has 7 rings (SSSR count). The van der Waals surface area contributed by atoms with Gasteiger partial charge in [-0.05, 0) is 72.7 Å². The van der Waals surface area contributed by atoms with E-state index in [-0.39, 0.29) is 23.7 Å². The fourth-order valence-corrected chi connectivity index (χ4v) is 9.12. The molecule has 1 aliphatic heterocycles. The van der Waals surface area contributed by atoms with Crippen LogP contribution in [-0.4, -0.2) is 65.3 Å². The Hall–Kier alpha value is -5.09. The summed E-state index contributed by atoms with van der Waals surface area (Å²) >= 11 is 0. The molecule has 0 spiro atoms. The van der Waals surface area contributed by atoms with Crippen molar-refractivity contribution in [2.75, 3.05) is 0 Å². The lowest BCUT2D eigenvalue weighted by Crippen LogP contribution is -2.43. The molecular weight excluding hydrogens is 676 g/mol. The van der Waals surface area contributed by atoms with E-state index in [1.54, 1.807) is 111 Å². The Morgan fingerprint density at radius 3 is 1.66 bits per heavy atom. The van der Waals surface area contributed by atoms with E-state index in [0.717, 1.165) is 0 Å². The monoisotopic (exact) mass is 720 g/mol. The van der Waals surface area contributed by atoms with Crippen molar-refractivity contribution in [1.82, 2.24) is 0 Å². The van der Waals surface area contributed by atoms with Gasteiger partial charge in [0, 0.05) is 18.8 Å². The van der Waals surface area contributed by atoms with E-state index < -0.39 is 82.7 Å². The van der Waals surface area contributed by atoms with Crippen molar-refractivity contribution < 1.29 is 47.7 Å². The van der Waals surface area contributed by atoms with Gasteiger partial charge in [-0.1, -0.05) is 82.3 Å². The molecule has 0 bridgehead atoms. The molecule has 10 nitrogen and oxygen atoms in total. The number of ether oxygens (including phenoxy) is 5. The van der Waals surface area contributed by atoms with Gasteiger partial charge in [-0.15, -0.1) is 0 Å². The van der Waals surface area contributed by atoms with Gasteiger partial charge in [0.2, 0.25) is 0 Å². The van der Waals surface area contributed by atoms with E-state index >= 15 is 0 Å². The Labute approximate surface area is 308 Å². The van der Waals surface area contributed by atoms with Gasteiger partial charge in [-0.3, -0.25) is 9.59 Å². The summed E-state index contributed by atoms with van der Waals surface area (Å²) in [7, 11) is 0. The first kappa shape index (κ1) is 36.3. The zero-order valence-corrected chi connectivity index (χ0v) is 30.6. The van der Waals surface area contributed by atoms with E-state index in [0.29, 0.717) is 16.7 Å². The molecule has 2 saturated carbocycles. The van der Waals surface area contributed by atoms with Crippen molar-refractivity contribution in [1.29, 1.82) is 0 Å². The molecule has 10 heteroatoms. The van der Waals surface area contributed by atoms with Crippen LogP contribution < -0.4 is 0 Å². The lowest BCUT2D eigenvalue weighted by molar-refractivity contribution is -0.154. The third-order valence-corrected chi connectivity index (χ3v) is 11.7. The molecule has 3 aliphatic carbocycles. The Morgan fingerprint density at radius 2 is 1.15 bits per heavy atom. The maximum Gasteiger partial charge on any atom is 0.338 e. The predicted octanol–water partition coefficient (Wildman–Crippen LogP) is 6.58. The van der Waals surface area contributed by atoms with Crippen LogP contribution in [0.25, 0.3) is 0 Å². The molecule has 0 amide bonds. The highest BCUT2D eigenvalue weighted by Crippen LogP contribution is 2.69. The zero-order chi connectivity index (χ0) is 37.9. The minimum atomic E-state index is -1.44. The molecule has 53 heavy (non-hydrogen) atoms. The maximum absolute atomic E-state index is 14.9. The number of esters is 4. The third kappa shape index (κ3) is 6.16. The van der Waals surface area contributed by atoms with Crippen LogP contribution in [0.3, 0.4) is 0 Å². The molecule has 10 atom stereocenters. The molecule has 3 fully saturated rings. The van der Waals surface area contributed by atoms with Crippen molar-refractivity contribution in [2.24, 2.45) is 29.1 Å². The molecule has 0 N–H and O–H groups in total. The molecule has 4 aliphatic rings. The number of hydrogen-bond acceptors (Lipinski definition) is 10. The highest BCUT2D eigenvalue weighted by Gasteiger charge is 2.84. The lowest BCUT2D eigenvalue weighted by Gasteiger charge is -2.31. The van der Waals surface area contributed by atoms with Gasteiger partial charge in [-0.2, -0.15) is 0 Å². The van der Waals surface area contributed by atoms with Crippen molar-refractivity contribution in [3.8, 4) is 0 Å². The number of hydrogen-bond donors (Lipinski definition) is 0. The maximum atomic E-state index is 14.9. The number of fused-ring (bicyclic) bond motifs is 1. The van der Waals surface area contributed by atoms with E-state index in [9.17, 15) is 24.0 Å².